The van der Waals surface area contributed by atoms with Crippen LogP contribution in [0.25, 0.3) is 0 Å². The van der Waals surface area contributed by atoms with Crippen molar-refractivity contribution in [2.24, 2.45) is 16.8 Å². The van der Waals surface area contributed by atoms with Gasteiger partial charge in [0.1, 0.15) is 0 Å². The summed E-state index contributed by atoms with van der Waals surface area (Å²) in [4.78, 5) is 16.6. The minimum atomic E-state index is 0.166. The summed E-state index contributed by atoms with van der Waals surface area (Å²) >= 11 is 0. The predicted octanol–water partition coefficient (Wildman–Crippen LogP) is 3.53. The lowest BCUT2D eigenvalue weighted by Gasteiger charge is -2.21. The van der Waals surface area contributed by atoms with Crippen LogP contribution in [0.3, 0.4) is 0 Å². The lowest BCUT2D eigenvalue weighted by Crippen LogP contribution is -2.38. The summed E-state index contributed by atoms with van der Waals surface area (Å²) in [7, 11) is 1.77. The van der Waals surface area contributed by atoms with Gasteiger partial charge in [-0.3, -0.25) is 9.79 Å². The SMILES string of the molecule is CN=C(NCc1cccc(NC(=O)C2CCCCC2)c1)NCC(C)C. The first-order valence-electron chi connectivity index (χ1n) is 9.43. The van der Waals surface area contributed by atoms with E-state index in [0.29, 0.717) is 12.5 Å². The number of nitrogens with one attached hydrogen (secondary N) is 3. The zero-order chi connectivity index (χ0) is 18.1. The molecule has 1 aliphatic rings. The first kappa shape index (κ1) is 19.3. The maximum atomic E-state index is 12.4. The fourth-order valence-electron chi connectivity index (χ4n) is 3.08. The zero-order valence-electron chi connectivity index (χ0n) is 15.8. The molecule has 5 nitrogen and oxygen atoms in total. The maximum Gasteiger partial charge on any atom is 0.227 e. The monoisotopic (exact) mass is 344 g/mol. The van der Waals surface area contributed by atoms with Crippen LogP contribution in [0.1, 0.15) is 51.5 Å². The summed E-state index contributed by atoms with van der Waals surface area (Å²) in [6, 6.07) is 8.02. The Morgan fingerprint density at radius 3 is 2.64 bits per heavy atom. The number of carbonyl (C=O) groups is 1. The normalized spacial score (nSPS) is 15.9. The van der Waals surface area contributed by atoms with Crippen molar-refractivity contribution in [2.45, 2.75) is 52.5 Å². The second-order valence-corrected chi connectivity index (χ2v) is 7.23. The minimum Gasteiger partial charge on any atom is -0.356 e. The summed E-state index contributed by atoms with van der Waals surface area (Å²) < 4.78 is 0. The van der Waals surface area contributed by atoms with E-state index >= 15 is 0 Å². The quantitative estimate of drug-likeness (QED) is 0.546. The van der Waals surface area contributed by atoms with Crippen LogP contribution in [0.4, 0.5) is 5.69 Å². The van der Waals surface area contributed by atoms with Crippen LogP contribution in [0.5, 0.6) is 0 Å². The molecule has 1 fully saturated rings. The lowest BCUT2D eigenvalue weighted by atomic mass is 9.88. The highest BCUT2D eigenvalue weighted by molar-refractivity contribution is 5.92. The second-order valence-electron chi connectivity index (χ2n) is 7.23. The Morgan fingerprint density at radius 2 is 1.96 bits per heavy atom. The molecule has 0 atom stereocenters. The molecule has 0 aromatic heterocycles. The molecule has 0 spiro atoms. The first-order valence-corrected chi connectivity index (χ1v) is 9.43. The van der Waals surface area contributed by atoms with Crippen LogP contribution in [-0.4, -0.2) is 25.5 Å². The van der Waals surface area contributed by atoms with E-state index < -0.39 is 0 Å². The van der Waals surface area contributed by atoms with Crippen LogP contribution in [0, 0.1) is 11.8 Å². The van der Waals surface area contributed by atoms with Crippen LogP contribution >= 0.6 is 0 Å². The van der Waals surface area contributed by atoms with Crippen molar-refractivity contribution in [2.75, 3.05) is 18.9 Å². The summed E-state index contributed by atoms with van der Waals surface area (Å²) in [6.45, 7) is 5.89. The van der Waals surface area contributed by atoms with Gasteiger partial charge in [0.25, 0.3) is 0 Å². The van der Waals surface area contributed by atoms with Crippen molar-refractivity contribution in [3.05, 3.63) is 29.8 Å². The number of guanidine groups is 1. The average molecular weight is 345 g/mol. The van der Waals surface area contributed by atoms with E-state index in [-0.39, 0.29) is 11.8 Å². The van der Waals surface area contributed by atoms with Gasteiger partial charge in [0.15, 0.2) is 5.96 Å². The molecule has 1 aromatic rings. The van der Waals surface area contributed by atoms with Gasteiger partial charge in [0.05, 0.1) is 0 Å². The Balaban J connectivity index is 1.86. The van der Waals surface area contributed by atoms with Gasteiger partial charge in [-0.15, -0.1) is 0 Å². The van der Waals surface area contributed by atoms with Gasteiger partial charge in [0.2, 0.25) is 5.91 Å². The predicted molar refractivity (Wildman–Crippen MR) is 105 cm³/mol. The van der Waals surface area contributed by atoms with Crippen LogP contribution in [0.2, 0.25) is 0 Å². The molecule has 1 aromatic carbocycles. The van der Waals surface area contributed by atoms with Crippen molar-refractivity contribution >= 4 is 17.6 Å². The molecule has 1 amide bonds. The molecule has 0 bridgehead atoms. The van der Waals surface area contributed by atoms with Gasteiger partial charge in [-0.2, -0.15) is 0 Å². The molecular formula is C20H32N4O. The average Bonchev–Trinajstić information content (AvgIpc) is 2.62. The van der Waals surface area contributed by atoms with Crippen molar-refractivity contribution in [1.82, 2.24) is 10.6 Å². The molecule has 5 heteroatoms. The van der Waals surface area contributed by atoms with E-state index in [1.165, 1.54) is 19.3 Å². The highest BCUT2D eigenvalue weighted by Crippen LogP contribution is 2.25. The molecule has 1 aliphatic carbocycles. The molecule has 1 saturated carbocycles. The number of aliphatic imine (C=N–C) groups is 1. The topological polar surface area (TPSA) is 65.5 Å². The standard InChI is InChI=1S/C20H32N4O/c1-15(2)13-22-20(21-3)23-14-16-8-7-11-18(12-16)24-19(25)17-9-5-4-6-10-17/h7-8,11-12,15,17H,4-6,9-10,13-14H2,1-3H3,(H,24,25)(H2,21,22,23). The third kappa shape index (κ3) is 6.77. The number of benzene rings is 1. The molecule has 2 rings (SSSR count). The number of amides is 1. The highest BCUT2D eigenvalue weighted by Gasteiger charge is 2.20. The first-order chi connectivity index (χ1) is 12.1. The Morgan fingerprint density at radius 1 is 1.20 bits per heavy atom. The Kier molecular flexibility index (Phi) is 7.76. The van der Waals surface area contributed by atoms with E-state index in [0.717, 1.165) is 36.6 Å². The molecule has 0 aliphatic heterocycles. The molecule has 138 valence electrons. The van der Waals surface area contributed by atoms with Gasteiger partial charge in [-0.25, -0.2) is 0 Å². The van der Waals surface area contributed by atoms with E-state index in [2.05, 4.69) is 40.9 Å². The fraction of sp³-hybridized carbons (Fsp3) is 0.600. The van der Waals surface area contributed by atoms with Crippen LogP contribution in [-0.2, 0) is 11.3 Å². The zero-order valence-corrected chi connectivity index (χ0v) is 15.8. The van der Waals surface area contributed by atoms with Crippen molar-refractivity contribution in [3.63, 3.8) is 0 Å². The molecule has 0 saturated heterocycles. The van der Waals surface area contributed by atoms with Crippen molar-refractivity contribution in [3.8, 4) is 0 Å². The van der Waals surface area contributed by atoms with Gasteiger partial charge in [0, 0.05) is 31.7 Å². The molecule has 25 heavy (non-hydrogen) atoms. The van der Waals surface area contributed by atoms with Crippen molar-refractivity contribution < 1.29 is 4.79 Å². The highest BCUT2D eigenvalue weighted by atomic mass is 16.1. The van der Waals surface area contributed by atoms with E-state index in [1.54, 1.807) is 7.05 Å². The van der Waals surface area contributed by atoms with E-state index in [4.69, 9.17) is 0 Å². The third-order valence-corrected chi connectivity index (χ3v) is 4.53. The third-order valence-electron chi connectivity index (χ3n) is 4.53. The van der Waals surface area contributed by atoms with Gasteiger partial charge in [-0.1, -0.05) is 45.2 Å². The Hall–Kier alpha value is -2.04. The van der Waals surface area contributed by atoms with Gasteiger partial charge >= 0.3 is 0 Å². The van der Waals surface area contributed by atoms with Gasteiger partial charge < -0.3 is 16.0 Å². The Labute approximate surface area is 151 Å². The summed E-state index contributed by atoms with van der Waals surface area (Å²) in [5.41, 5.74) is 1.99. The smallest absolute Gasteiger partial charge is 0.227 e. The van der Waals surface area contributed by atoms with E-state index in [1.807, 2.05) is 18.2 Å². The fourth-order valence-corrected chi connectivity index (χ4v) is 3.08. The lowest BCUT2D eigenvalue weighted by molar-refractivity contribution is -0.120. The number of nitrogens with zero attached hydrogens (tertiary/aromatic N) is 1. The Bertz CT molecular complexity index is 577. The summed E-state index contributed by atoms with van der Waals surface area (Å²) in [5, 5.41) is 9.69. The molecular weight excluding hydrogens is 312 g/mol. The maximum absolute atomic E-state index is 12.4. The summed E-state index contributed by atoms with van der Waals surface area (Å²) in [5.74, 6) is 1.70. The molecule has 0 unspecified atom stereocenters. The molecule has 0 heterocycles. The van der Waals surface area contributed by atoms with Crippen LogP contribution in [0.15, 0.2) is 29.3 Å². The number of hydrogen-bond donors (Lipinski definition) is 3. The van der Waals surface area contributed by atoms with E-state index in [9.17, 15) is 4.79 Å². The minimum absolute atomic E-state index is 0.166. The number of anilines is 1. The number of carbonyl (C=O) groups excluding carboxylic acids is 1. The molecule has 0 radical (unpaired) electrons. The second kappa shape index (κ2) is 10.1. The number of rotatable bonds is 6. The van der Waals surface area contributed by atoms with Gasteiger partial charge in [-0.05, 0) is 36.5 Å². The molecule has 3 N–H and O–H groups in total. The summed E-state index contributed by atoms with van der Waals surface area (Å²) in [6.07, 6.45) is 5.64. The largest absolute Gasteiger partial charge is 0.356 e. The van der Waals surface area contributed by atoms with Crippen molar-refractivity contribution in [1.29, 1.82) is 0 Å². The number of hydrogen-bond acceptors (Lipinski definition) is 2. The van der Waals surface area contributed by atoms with Crippen LogP contribution < -0.4 is 16.0 Å².